The van der Waals surface area contributed by atoms with E-state index in [9.17, 15) is 9.59 Å². The molecule has 1 amide bonds. The van der Waals surface area contributed by atoms with E-state index in [1.165, 1.54) is 12.8 Å². The lowest BCUT2D eigenvalue weighted by Crippen LogP contribution is -2.57. The number of rotatable bonds is 4. The van der Waals surface area contributed by atoms with Gasteiger partial charge in [0, 0.05) is 32.7 Å². The minimum absolute atomic E-state index is 0.146. The summed E-state index contributed by atoms with van der Waals surface area (Å²) in [4.78, 5) is 28.4. The van der Waals surface area contributed by atoms with Gasteiger partial charge in [-0.1, -0.05) is 12.8 Å². The molecule has 21 heavy (non-hydrogen) atoms. The van der Waals surface area contributed by atoms with Crippen molar-refractivity contribution in [3.8, 4) is 0 Å². The molecule has 0 spiro atoms. The molecule has 0 radical (unpaired) electrons. The van der Waals surface area contributed by atoms with Crippen molar-refractivity contribution in [2.75, 3.05) is 45.9 Å². The van der Waals surface area contributed by atoms with E-state index in [1.807, 2.05) is 9.80 Å². The Morgan fingerprint density at radius 1 is 1.14 bits per heavy atom. The summed E-state index contributed by atoms with van der Waals surface area (Å²) >= 11 is 0. The van der Waals surface area contributed by atoms with Crippen LogP contribution in [0.15, 0.2) is 0 Å². The van der Waals surface area contributed by atoms with Gasteiger partial charge in [-0.3, -0.25) is 14.5 Å². The zero-order valence-electron chi connectivity index (χ0n) is 13.0. The first-order chi connectivity index (χ1) is 10.2. The fraction of sp³-hybridized carbons (Fsp3) is 0.867. The Labute approximate surface area is 126 Å². The maximum atomic E-state index is 12.5. The predicted octanol–water partition coefficient (Wildman–Crippen LogP) is 0.226. The summed E-state index contributed by atoms with van der Waals surface area (Å²) in [5.74, 6) is -0.0820. The summed E-state index contributed by atoms with van der Waals surface area (Å²) in [6, 6.07) is -0.338. The second kappa shape index (κ2) is 8.34. The van der Waals surface area contributed by atoms with Crippen molar-refractivity contribution in [2.45, 2.75) is 38.6 Å². The van der Waals surface area contributed by atoms with Gasteiger partial charge in [0.15, 0.2) is 0 Å². The summed E-state index contributed by atoms with van der Waals surface area (Å²) in [6.45, 7) is 6.30. The van der Waals surface area contributed by atoms with Crippen LogP contribution in [0.25, 0.3) is 0 Å². The van der Waals surface area contributed by atoms with Crippen LogP contribution >= 0.6 is 0 Å². The summed E-state index contributed by atoms with van der Waals surface area (Å²) in [7, 11) is 0. The lowest BCUT2D eigenvalue weighted by Gasteiger charge is -2.35. The van der Waals surface area contributed by atoms with E-state index in [2.05, 4.69) is 5.32 Å². The number of carbonyl (C=O) groups is 2. The number of likely N-dealkylation sites (tertiary alicyclic amines) is 1. The number of hydrogen-bond donors (Lipinski definition) is 1. The lowest BCUT2D eigenvalue weighted by atomic mass is 10.2. The normalized spacial score (nSPS) is 24.4. The summed E-state index contributed by atoms with van der Waals surface area (Å²) in [5, 5.41) is 3.20. The van der Waals surface area contributed by atoms with Crippen molar-refractivity contribution in [3.63, 3.8) is 0 Å². The molecule has 1 atom stereocenters. The van der Waals surface area contributed by atoms with Crippen LogP contribution in [0.5, 0.6) is 0 Å². The summed E-state index contributed by atoms with van der Waals surface area (Å²) in [6.07, 6.45) is 4.61. The molecule has 2 aliphatic rings. The fourth-order valence-electron chi connectivity index (χ4n) is 3.00. The molecule has 2 rings (SSSR count). The molecule has 120 valence electrons. The van der Waals surface area contributed by atoms with Gasteiger partial charge in [0.2, 0.25) is 5.91 Å². The van der Waals surface area contributed by atoms with E-state index in [1.54, 1.807) is 6.92 Å². The molecule has 0 aromatic heterocycles. The highest BCUT2D eigenvalue weighted by molar-refractivity contribution is 5.81. The van der Waals surface area contributed by atoms with Gasteiger partial charge in [0.1, 0.15) is 6.04 Å². The molecular weight excluding hydrogens is 270 g/mol. The highest BCUT2D eigenvalue weighted by atomic mass is 16.5. The first kappa shape index (κ1) is 16.2. The minimum Gasteiger partial charge on any atom is -0.465 e. The van der Waals surface area contributed by atoms with Crippen molar-refractivity contribution < 1.29 is 14.3 Å². The molecule has 6 nitrogen and oxygen atoms in total. The molecule has 6 heteroatoms. The SMILES string of the molecule is CCOC(=O)C1CNCCN1CC(=O)N1CCCCCC1. The Bertz CT molecular complexity index is 354. The Kier molecular flexibility index (Phi) is 6.45. The zero-order valence-corrected chi connectivity index (χ0v) is 13.0. The van der Waals surface area contributed by atoms with Gasteiger partial charge in [0.05, 0.1) is 13.2 Å². The second-order valence-electron chi connectivity index (χ2n) is 5.74. The number of amides is 1. The zero-order chi connectivity index (χ0) is 15.1. The fourth-order valence-corrected chi connectivity index (χ4v) is 3.00. The predicted molar refractivity (Wildman–Crippen MR) is 79.9 cm³/mol. The highest BCUT2D eigenvalue weighted by Gasteiger charge is 2.32. The number of ether oxygens (including phenoxy) is 1. The smallest absolute Gasteiger partial charge is 0.324 e. The number of nitrogens with zero attached hydrogens (tertiary/aromatic N) is 2. The Morgan fingerprint density at radius 3 is 2.52 bits per heavy atom. The quantitative estimate of drug-likeness (QED) is 0.753. The van der Waals surface area contributed by atoms with Crippen molar-refractivity contribution >= 4 is 11.9 Å². The maximum absolute atomic E-state index is 12.5. The summed E-state index contributed by atoms with van der Waals surface area (Å²) < 4.78 is 5.11. The molecule has 0 aliphatic carbocycles. The van der Waals surface area contributed by atoms with E-state index in [0.717, 1.165) is 32.5 Å². The van der Waals surface area contributed by atoms with Crippen molar-refractivity contribution in [3.05, 3.63) is 0 Å². The largest absolute Gasteiger partial charge is 0.465 e. The van der Waals surface area contributed by atoms with Gasteiger partial charge in [-0.15, -0.1) is 0 Å². The second-order valence-corrected chi connectivity index (χ2v) is 5.74. The average Bonchev–Trinajstić information content (AvgIpc) is 2.77. The maximum Gasteiger partial charge on any atom is 0.324 e. The van der Waals surface area contributed by atoms with E-state index in [-0.39, 0.29) is 17.9 Å². The minimum atomic E-state index is -0.338. The Morgan fingerprint density at radius 2 is 1.86 bits per heavy atom. The molecule has 1 N–H and O–H groups in total. The molecule has 2 saturated heterocycles. The molecule has 2 aliphatic heterocycles. The average molecular weight is 297 g/mol. The molecule has 0 aromatic rings. The van der Waals surface area contributed by atoms with Crippen molar-refractivity contribution in [1.82, 2.24) is 15.1 Å². The first-order valence-electron chi connectivity index (χ1n) is 8.11. The van der Waals surface area contributed by atoms with Gasteiger partial charge in [-0.05, 0) is 19.8 Å². The van der Waals surface area contributed by atoms with Gasteiger partial charge >= 0.3 is 5.97 Å². The van der Waals surface area contributed by atoms with Gasteiger partial charge in [0.25, 0.3) is 0 Å². The lowest BCUT2D eigenvalue weighted by molar-refractivity contribution is -0.151. The van der Waals surface area contributed by atoms with E-state index >= 15 is 0 Å². The third-order valence-electron chi connectivity index (χ3n) is 4.21. The molecule has 2 heterocycles. The third-order valence-corrected chi connectivity index (χ3v) is 4.21. The standard InChI is InChI=1S/C15H27N3O3/c1-2-21-15(20)13-11-16-7-10-18(13)12-14(19)17-8-5-3-4-6-9-17/h13,16H,2-12H2,1H3. The van der Waals surface area contributed by atoms with Crippen LogP contribution in [0.3, 0.4) is 0 Å². The van der Waals surface area contributed by atoms with Crippen LogP contribution in [-0.2, 0) is 14.3 Å². The number of carbonyl (C=O) groups excluding carboxylic acids is 2. The topological polar surface area (TPSA) is 61.9 Å². The summed E-state index contributed by atoms with van der Waals surface area (Å²) in [5.41, 5.74) is 0. The van der Waals surface area contributed by atoms with Crippen LogP contribution in [0.4, 0.5) is 0 Å². The Hall–Kier alpha value is -1.14. The van der Waals surface area contributed by atoms with Crippen LogP contribution in [0.1, 0.15) is 32.6 Å². The van der Waals surface area contributed by atoms with E-state index in [4.69, 9.17) is 4.74 Å². The molecule has 0 aromatic carbocycles. The molecule has 2 fully saturated rings. The molecule has 0 bridgehead atoms. The van der Waals surface area contributed by atoms with E-state index < -0.39 is 0 Å². The van der Waals surface area contributed by atoms with Crippen LogP contribution in [0.2, 0.25) is 0 Å². The Balaban J connectivity index is 1.91. The number of nitrogens with one attached hydrogen (secondary N) is 1. The van der Waals surface area contributed by atoms with Crippen molar-refractivity contribution in [2.24, 2.45) is 0 Å². The molecule has 1 unspecified atom stereocenters. The van der Waals surface area contributed by atoms with Gasteiger partial charge in [-0.2, -0.15) is 0 Å². The van der Waals surface area contributed by atoms with E-state index in [0.29, 0.717) is 26.2 Å². The van der Waals surface area contributed by atoms with Crippen LogP contribution in [-0.4, -0.2) is 73.6 Å². The monoisotopic (exact) mass is 297 g/mol. The van der Waals surface area contributed by atoms with Gasteiger partial charge < -0.3 is 15.0 Å². The van der Waals surface area contributed by atoms with Crippen LogP contribution < -0.4 is 5.32 Å². The molecule has 0 saturated carbocycles. The van der Waals surface area contributed by atoms with Crippen LogP contribution in [0, 0.1) is 0 Å². The van der Waals surface area contributed by atoms with Crippen molar-refractivity contribution in [1.29, 1.82) is 0 Å². The molecular formula is C15H27N3O3. The number of esters is 1. The van der Waals surface area contributed by atoms with Gasteiger partial charge in [-0.25, -0.2) is 0 Å². The first-order valence-corrected chi connectivity index (χ1v) is 8.11. The third kappa shape index (κ3) is 4.68. The highest BCUT2D eigenvalue weighted by Crippen LogP contribution is 2.12. The number of piperazine rings is 1. The number of hydrogen-bond acceptors (Lipinski definition) is 5.